The number of ether oxygens (including phenoxy) is 2. The number of aromatic nitrogens is 5. The van der Waals surface area contributed by atoms with E-state index in [0.717, 1.165) is 59.8 Å². The largest absolute Gasteiger partial charge is 0.378 e. The predicted octanol–water partition coefficient (Wildman–Crippen LogP) is 8.60. The van der Waals surface area contributed by atoms with Crippen LogP contribution in [0.3, 0.4) is 0 Å². The molecular formula is C36H36Br4Cl5N7O6. The molecule has 0 bridgehead atoms. The van der Waals surface area contributed by atoms with Gasteiger partial charge in [0.25, 0.3) is 16.7 Å². The lowest BCUT2D eigenvalue weighted by molar-refractivity contribution is 0.122. The van der Waals surface area contributed by atoms with E-state index < -0.39 is 0 Å². The third-order valence-electron chi connectivity index (χ3n) is 7.78. The van der Waals surface area contributed by atoms with Crippen molar-refractivity contribution in [2.24, 2.45) is 21.1 Å². The van der Waals surface area contributed by atoms with E-state index in [-0.39, 0.29) is 22.2 Å². The summed E-state index contributed by atoms with van der Waals surface area (Å²) < 4.78 is 18.0. The Hall–Kier alpha value is -2.16. The lowest BCUT2D eigenvalue weighted by Crippen LogP contribution is -2.39. The minimum Gasteiger partial charge on any atom is -0.378 e. The maximum Gasteiger partial charge on any atom is 0.253 e. The quantitative estimate of drug-likeness (QED) is 0.173. The van der Waals surface area contributed by atoms with Crippen LogP contribution in [0.5, 0.6) is 0 Å². The van der Waals surface area contributed by atoms with Gasteiger partial charge in [-0.1, -0.05) is 122 Å². The van der Waals surface area contributed by atoms with Gasteiger partial charge in [0.1, 0.15) is 31.6 Å². The number of hydrogen-bond acceptors (Lipinski definition) is 9. The molecule has 2 aliphatic heterocycles. The Bertz CT molecular complexity index is 2310. The summed E-state index contributed by atoms with van der Waals surface area (Å²) in [4.78, 5) is 54.9. The van der Waals surface area contributed by atoms with Crippen molar-refractivity contribution in [3.8, 4) is 0 Å². The summed E-state index contributed by atoms with van der Waals surface area (Å²) in [6, 6.07) is 16.5. The Morgan fingerprint density at radius 2 is 0.966 bits per heavy atom. The molecule has 2 aliphatic rings. The standard InChI is InChI=1S/C10H13BrN2O2.C10H13ClN2O2.C6H5BrClNO.C5H2BrCl2N.C5H3BrClNO/c1-12-9(6-8(11)7-10(12)14)13-2-4-15-5-3-13;1-12-9(11)6-8(7-10(12)14)13-2-4-15-5-3-13;1-9-5(8)2-4(7)3-6(9)10;6-3-1-4(7)9-5(8)2-3;6-3-1-4(7)8-5(9)2-3/h2*6-7H,2-5H2,1H3;2-3H,1H3;1-2H;1-2H,(H,8,9). The number of hydrogen-bond donors (Lipinski definition) is 1. The third-order valence-corrected chi connectivity index (χ3v) is 10.9. The first-order valence-corrected chi connectivity index (χ1v) is 21.8. The molecule has 7 heterocycles. The molecule has 2 saturated heterocycles. The van der Waals surface area contributed by atoms with Gasteiger partial charge >= 0.3 is 0 Å². The Balaban J connectivity index is 0.000000198. The van der Waals surface area contributed by atoms with Crippen molar-refractivity contribution in [2.75, 3.05) is 62.4 Å². The predicted molar refractivity (Wildman–Crippen MR) is 248 cm³/mol. The molecular weight excluding hydrogens is 1120 g/mol. The third kappa shape index (κ3) is 17.1. The monoisotopic (exact) mass is 1150 g/mol. The molecule has 0 radical (unpaired) electrons. The van der Waals surface area contributed by atoms with Gasteiger partial charge in [-0.3, -0.25) is 23.7 Å². The van der Waals surface area contributed by atoms with Gasteiger partial charge in [0.15, 0.2) is 0 Å². The zero-order valence-corrected chi connectivity index (χ0v) is 41.1. The molecule has 7 rings (SSSR count). The Labute approximate surface area is 392 Å². The van der Waals surface area contributed by atoms with Crippen molar-refractivity contribution in [1.82, 2.24) is 23.7 Å². The molecule has 2 fully saturated rings. The lowest BCUT2D eigenvalue weighted by Gasteiger charge is -2.30. The molecule has 0 saturated carbocycles. The fourth-order valence-electron chi connectivity index (χ4n) is 4.76. The van der Waals surface area contributed by atoms with Crippen molar-refractivity contribution >= 4 is 133 Å². The molecule has 0 amide bonds. The maximum atomic E-state index is 11.6. The minimum atomic E-state index is -0.200. The fourth-order valence-corrected chi connectivity index (χ4v) is 8.04. The van der Waals surface area contributed by atoms with Crippen LogP contribution in [-0.4, -0.2) is 76.3 Å². The zero-order chi connectivity index (χ0) is 43.1. The number of pyridine rings is 5. The Kier molecular flexibility index (Phi) is 21.6. The summed E-state index contributed by atoms with van der Waals surface area (Å²) in [7, 11) is 5.07. The van der Waals surface area contributed by atoms with Crippen molar-refractivity contribution in [3.05, 3.63) is 146 Å². The van der Waals surface area contributed by atoms with Gasteiger partial charge in [0, 0.05) is 95.2 Å². The number of rotatable bonds is 2. The van der Waals surface area contributed by atoms with Crippen LogP contribution in [-0.2, 0) is 30.6 Å². The minimum absolute atomic E-state index is 0.00543. The zero-order valence-electron chi connectivity index (χ0n) is 31.0. The van der Waals surface area contributed by atoms with Crippen LogP contribution < -0.4 is 32.0 Å². The summed E-state index contributed by atoms with van der Waals surface area (Å²) in [6.07, 6.45) is 0. The number of aromatic amines is 1. The average molecular weight is 1160 g/mol. The Morgan fingerprint density at radius 3 is 1.43 bits per heavy atom. The summed E-state index contributed by atoms with van der Waals surface area (Å²) in [6.45, 7) is 6.14. The first kappa shape index (κ1) is 50.2. The summed E-state index contributed by atoms with van der Waals surface area (Å²) in [5.74, 6) is 0.942. The van der Waals surface area contributed by atoms with Crippen molar-refractivity contribution in [1.29, 1.82) is 0 Å². The van der Waals surface area contributed by atoms with Crippen LogP contribution in [0.2, 0.25) is 25.8 Å². The van der Waals surface area contributed by atoms with Crippen LogP contribution in [0, 0.1) is 0 Å². The summed E-state index contributed by atoms with van der Waals surface area (Å²) in [5.41, 5.74) is 0.495. The molecule has 22 heteroatoms. The molecule has 0 aromatic carbocycles. The van der Waals surface area contributed by atoms with Gasteiger partial charge in [-0.05, 0) is 36.4 Å². The number of morpholine rings is 2. The van der Waals surface area contributed by atoms with Gasteiger partial charge in [-0.25, -0.2) is 4.98 Å². The van der Waals surface area contributed by atoms with Crippen molar-refractivity contribution in [2.45, 2.75) is 0 Å². The second-order valence-corrected chi connectivity index (χ2v) is 17.5. The van der Waals surface area contributed by atoms with E-state index >= 15 is 0 Å². The highest BCUT2D eigenvalue weighted by atomic mass is 79.9. The van der Waals surface area contributed by atoms with Gasteiger partial charge < -0.3 is 33.4 Å². The van der Waals surface area contributed by atoms with Crippen LogP contribution in [0.25, 0.3) is 0 Å². The number of nitrogens with zero attached hydrogens (tertiary/aromatic N) is 6. The van der Waals surface area contributed by atoms with Crippen molar-refractivity contribution < 1.29 is 9.47 Å². The first-order chi connectivity index (χ1) is 27.3. The molecule has 0 atom stereocenters. The highest BCUT2D eigenvalue weighted by Gasteiger charge is 2.15. The topological polar surface area (TPSA) is 137 Å². The van der Waals surface area contributed by atoms with E-state index in [2.05, 4.69) is 83.5 Å². The van der Waals surface area contributed by atoms with Gasteiger partial charge in [-0.2, -0.15) is 0 Å². The van der Waals surface area contributed by atoms with Gasteiger partial charge in [0.2, 0.25) is 5.56 Å². The molecule has 13 nitrogen and oxygen atoms in total. The summed E-state index contributed by atoms with van der Waals surface area (Å²) >= 11 is 40.9. The molecule has 0 spiro atoms. The smallest absolute Gasteiger partial charge is 0.253 e. The molecule has 1 N–H and O–H groups in total. The normalized spacial score (nSPS) is 13.4. The van der Waals surface area contributed by atoms with Crippen molar-refractivity contribution in [3.63, 3.8) is 0 Å². The van der Waals surface area contributed by atoms with Crippen LogP contribution in [0.1, 0.15) is 0 Å². The van der Waals surface area contributed by atoms with Crippen LogP contribution >= 0.6 is 122 Å². The Morgan fingerprint density at radius 1 is 0.534 bits per heavy atom. The lowest BCUT2D eigenvalue weighted by atomic mass is 10.3. The first-order valence-electron chi connectivity index (χ1n) is 16.8. The molecule has 58 heavy (non-hydrogen) atoms. The average Bonchev–Trinajstić information content (AvgIpc) is 3.15. The maximum absolute atomic E-state index is 11.6. The van der Waals surface area contributed by atoms with E-state index in [1.807, 2.05) is 12.1 Å². The molecule has 314 valence electrons. The SMILES string of the molecule is Clc1cc(Br)cc(Cl)n1.Cn1c(Cl)cc(Br)cc1=O.Cn1c(Cl)cc(N2CCOCC2)cc1=O.Cn1c(N2CCOCC2)cc(Br)cc1=O.O=c1cc(Br)cc(Cl)[nH]1. The van der Waals surface area contributed by atoms with Gasteiger partial charge in [0.05, 0.1) is 26.4 Å². The van der Waals surface area contributed by atoms with Crippen LogP contribution in [0.4, 0.5) is 11.5 Å². The van der Waals surface area contributed by atoms with E-state index in [1.54, 1.807) is 62.1 Å². The molecule has 5 aromatic heterocycles. The number of halogens is 9. The highest BCUT2D eigenvalue weighted by molar-refractivity contribution is 9.11. The molecule has 0 aliphatic carbocycles. The number of H-pyrrole nitrogens is 1. The van der Waals surface area contributed by atoms with E-state index in [9.17, 15) is 19.2 Å². The molecule has 0 unspecified atom stereocenters. The molecule has 5 aromatic rings. The number of anilines is 2. The van der Waals surface area contributed by atoms with Gasteiger partial charge in [-0.15, -0.1) is 0 Å². The second-order valence-electron chi connectivity index (χ2n) is 11.9. The fraction of sp³-hybridized carbons (Fsp3) is 0.306. The van der Waals surface area contributed by atoms with E-state index in [4.69, 9.17) is 67.5 Å². The van der Waals surface area contributed by atoms with E-state index in [0.29, 0.717) is 47.9 Å². The second kappa shape index (κ2) is 24.9. The van der Waals surface area contributed by atoms with Crippen LogP contribution in [0.15, 0.2) is 97.7 Å². The van der Waals surface area contributed by atoms with E-state index in [1.165, 1.54) is 21.3 Å². The number of nitrogens with one attached hydrogen (secondary N) is 1. The highest BCUT2D eigenvalue weighted by Crippen LogP contribution is 2.20. The summed E-state index contributed by atoms with van der Waals surface area (Å²) in [5, 5.41) is 2.03.